The number of amides is 1. The van der Waals surface area contributed by atoms with Crippen molar-refractivity contribution in [2.45, 2.75) is 45.2 Å². The predicted octanol–water partition coefficient (Wildman–Crippen LogP) is 6.55. The fourth-order valence-corrected chi connectivity index (χ4v) is 4.63. The standard InChI is InChI=1S/C28H26ClF2N9O/c1-14(2)40-26-19(13-33-40)25(35-24-11-22(38-39-24)16-4-5-16)36-28(37-26)32-12-15-3-7-20(29)18(9-15)27(41)34-23-10-17(30)6-8-21(23)31/h3,6-11,13-14,16H,4-5,12H2,1-2H3,(H,34,41)(H3,32,35,36,37,38,39). The van der Waals surface area contributed by atoms with Crippen LogP contribution in [0.3, 0.4) is 0 Å². The average Bonchev–Trinajstić information content (AvgIpc) is 3.53. The molecule has 0 unspecified atom stereocenters. The number of nitrogens with one attached hydrogen (secondary N) is 4. The fraction of sp³-hybridized carbons (Fsp3) is 0.250. The van der Waals surface area contributed by atoms with Gasteiger partial charge in [0.1, 0.15) is 17.5 Å². The number of anilines is 4. The second kappa shape index (κ2) is 10.8. The largest absolute Gasteiger partial charge is 0.350 e. The first kappa shape index (κ1) is 26.6. The van der Waals surface area contributed by atoms with E-state index in [0.29, 0.717) is 34.7 Å². The van der Waals surface area contributed by atoms with Crippen molar-refractivity contribution in [3.63, 3.8) is 0 Å². The number of fused-ring (bicyclic) bond motifs is 1. The summed E-state index contributed by atoms with van der Waals surface area (Å²) in [6.45, 7) is 4.28. The van der Waals surface area contributed by atoms with Crippen LogP contribution in [-0.2, 0) is 6.54 Å². The van der Waals surface area contributed by atoms with E-state index in [9.17, 15) is 13.6 Å². The van der Waals surface area contributed by atoms with E-state index >= 15 is 0 Å². The number of H-pyrrole nitrogens is 1. The van der Waals surface area contributed by atoms with Crippen LogP contribution in [0.5, 0.6) is 0 Å². The van der Waals surface area contributed by atoms with Gasteiger partial charge in [-0.3, -0.25) is 9.89 Å². The van der Waals surface area contributed by atoms with E-state index in [2.05, 4.69) is 36.2 Å². The van der Waals surface area contributed by atoms with Gasteiger partial charge < -0.3 is 16.0 Å². The molecule has 0 bridgehead atoms. The molecule has 41 heavy (non-hydrogen) atoms. The normalized spacial score (nSPS) is 13.1. The Morgan fingerprint density at radius 2 is 1.98 bits per heavy atom. The second-order valence-electron chi connectivity index (χ2n) is 10.2. The van der Waals surface area contributed by atoms with Crippen LogP contribution in [0.25, 0.3) is 11.0 Å². The number of carbonyl (C=O) groups is 1. The molecule has 0 saturated heterocycles. The molecule has 210 valence electrons. The fourth-order valence-electron chi connectivity index (χ4n) is 4.42. The van der Waals surface area contributed by atoms with Gasteiger partial charge in [0.2, 0.25) is 5.95 Å². The summed E-state index contributed by atoms with van der Waals surface area (Å²) in [5, 5.41) is 21.7. The number of hydrogen-bond donors (Lipinski definition) is 4. The monoisotopic (exact) mass is 577 g/mol. The summed E-state index contributed by atoms with van der Waals surface area (Å²) in [7, 11) is 0. The van der Waals surface area contributed by atoms with E-state index in [-0.39, 0.29) is 28.9 Å². The Morgan fingerprint density at radius 3 is 2.76 bits per heavy atom. The molecule has 0 atom stereocenters. The van der Waals surface area contributed by atoms with Crippen molar-refractivity contribution >= 4 is 51.8 Å². The molecule has 1 aliphatic rings. The van der Waals surface area contributed by atoms with Gasteiger partial charge in [-0.15, -0.1) is 0 Å². The first-order valence-electron chi connectivity index (χ1n) is 13.1. The lowest BCUT2D eigenvalue weighted by Crippen LogP contribution is -2.15. The summed E-state index contributed by atoms with van der Waals surface area (Å²) in [5.74, 6) is -0.0386. The topological polar surface area (TPSA) is 125 Å². The van der Waals surface area contributed by atoms with Crippen LogP contribution in [0.15, 0.2) is 48.7 Å². The Labute approximate surface area is 238 Å². The summed E-state index contributed by atoms with van der Waals surface area (Å²) < 4.78 is 29.4. The highest BCUT2D eigenvalue weighted by Crippen LogP contribution is 2.40. The van der Waals surface area contributed by atoms with Crippen LogP contribution in [0.1, 0.15) is 60.3 Å². The van der Waals surface area contributed by atoms with Gasteiger partial charge >= 0.3 is 0 Å². The third kappa shape index (κ3) is 5.68. The number of carbonyl (C=O) groups excluding carboxylic acids is 1. The van der Waals surface area contributed by atoms with Crippen LogP contribution >= 0.6 is 11.6 Å². The van der Waals surface area contributed by atoms with Gasteiger partial charge in [0, 0.05) is 36.3 Å². The van der Waals surface area contributed by atoms with Gasteiger partial charge in [0.25, 0.3) is 5.91 Å². The lowest BCUT2D eigenvalue weighted by atomic mass is 10.1. The van der Waals surface area contributed by atoms with E-state index in [1.165, 1.54) is 0 Å². The minimum absolute atomic E-state index is 0.0650. The molecule has 10 nitrogen and oxygen atoms in total. The maximum Gasteiger partial charge on any atom is 0.257 e. The van der Waals surface area contributed by atoms with Gasteiger partial charge in [-0.05, 0) is 56.5 Å². The van der Waals surface area contributed by atoms with Crippen molar-refractivity contribution in [2.75, 3.05) is 16.0 Å². The lowest BCUT2D eigenvalue weighted by Gasteiger charge is -2.12. The van der Waals surface area contributed by atoms with Crippen LogP contribution in [0, 0.1) is 11.6 Å². The molecule has 0 radical (unpaired) electrons. The number of rotatable bonds is 9. The smallest absolute Gasteiger partial charge is 0.257 e. The first-order chi connectivity index (χ1) is 19.7. The van der Waals surface area contributed by atoms with E-state index < -0.39 is 17.5 Å². The van der Waals surface area contributed by atoms with Gasteiger partial charge in [0.15, 0.2) is 11.5 Å². The van der Waals surface area contributed by atoms with E-state index in [4.69, 9.17) is 16.6 Å². The van der Waals surface area contributed by atoms with Crippen molar-refractivity contribution in [2.24, 2.45) is 0 Å². The summed E-state index contributed by atoms with van der Waals surface area (Å²) in [4.78, 5) is 22.2. The Hall–Kier alpha value is -4.58. The van der Waals surface area contributed by atoms with Gasteiger partial charge in [-0.2, -0.15) is 20.2 Å². The number of aromatic amines is 1. The van der Waals surface area contributed by atoms with E-state index in [1.54, 1.807) is 24.4 Å². The molecule has 2 aromatic carbocycles. The molecular weight excluding hydrogens is 552 g/mol. The quantitative estimate of drug-likeness (QED) is 0.156. The summed E-state index contributed by atoms with van der Waals surface area (Å²) in [6.07, 6.45) is 4.04. The molecule has 4 N–H and O–H groups in total. The minimum atomic E-state index is -0.759. The van der Waals surface area contributed by atoms with Crippen LogP contribution in [-0.4, -0.2) is 35.9 Å². The number of aromatic nitrogens is 6. The van der Waals surface area contributed by atoms with Crippen molar-refractivity contribution in [1.29, 1.82) is 0 Å². The highest BCUT2D eigenvalue weighted by molar-refractivity contribution is 6.34. The van der Waals surface area contributed by atoms with Crippen molar-refractivity contribution in [3.05, 3.63) is 82.1 Å². The number of halogens is 3. The number of benzene rings is 2. The van der Waals surface area contributed by atoms with E-state index in [1.807, 2.05) is 24.6 Å². The minimum Gasteiger partial charge on any atom is -0.350 e. The van der Waals surface area contributed by atoms with Gasteiger partial charge in [0.05, 0.1) is 27.9 Å². The second-order valence-corrected chi connectivity index (χ2v) is 10.6. The number of hydrogen-bond acceptors (Lipinski definition) is 7. The molecule has 1 fully saturated rings. The molecule has 1 amide bonds. The SMILES string of the molecule is CC(C)n1ncc2c(Nc3cc(C4CC4)[nH]n3)nc(NCc3ccc(Cl)c(C(=O)Nc4cc(F)ccc4F)c3)nc21. The molecule has 3 aromatic heterocycles. The Morgan fingerprint density at radius 1 is 1.15 bits per heavy atom. The Bertz CT molecular complexity index is 1760. The molecule has 3 heterocycles. The molecular formula is C28H26ClF2N9O. The summed E-state index contributed by atoms with van der Waals surface area (Å²) in [5.41, 5.74) is 2.26. The molecule has 6 rings (SSSR count). The maximum absolute atomic E-state index is 14.1. The highest BCUT2D eigenvalue weighted by atomic mass is 35.5. The van der Waals surface area contributed by atoms with Crippen LogP contribution < -0.4 is 16.0 Å². The Balaban J connectivity index is 1.24. The lowest BCUT2D eigenvalue weighted by molar-refractivity contribution is 0.102. The summed E-state index contributed by atoms with van der Waals surface area (Å²) in [6, 6.07) is 9.75. The first-order valence-corrected chi connectivity index (χ1v) is 13.5. The molecule has 5 aromatic rings. The molecule has 0 aliphatic heterocycles. The third-order valence-electron chi connectivity index (χ3n) is 6.71. The van der Waals surface area contributed by atoms with Crippen molar-refractivity contribution in [3.8, 4) is 0 Å². The predicted molar refractivity (Wildman–Crippen MR) is 153 cm³/mol. The molecule has 13 heteroatoms. The van der Waals surface area contributed by atoms with Crippen molar-refractivity contribution < 1.29 is 13.6 Å². The van der Waals surface area contributed by atoms with E-state index in [0.717, 1.165) is 42.1 Å². The third-order valence-corrected chi connectivity index (χ3v) is 7.04. The summed E-state index contributed by atoms with van der Waals surface area (Å²) >= 11 is 6.27. The van der Waals surface area contributed by atoms with Crippen molar-refractivity contribution in [1.82, 2.24) is 29.9 Å². The van der Waals surface area contributed by atoms with Gasteiger partial charge in [-0.1, -0.05) is 17.7 Å². The van der Waals surface area contributed by atoms with Crippen LogP contribution in [0.2, 0.25) is 5.02 Å². The average molecular weight is 578 g/mol. The highest BCUT2D eigenvalue weighted by Gasteiger charge is 2.26. The molecule has 1 saturated carbocycles. The molecule has 0 spiro atoms. The maximum atomic E-state index is 14.1. The number of nitrogens with zero attached hydrogens (tertiary/aromatic N) is 5. The molecule has 1 aliphatic carbocycles. The zero-order valence-electron chi connectivity index (χ0n) is 22.2. The van der Waals surface area contributed by atoms with Gasteiger partial charge in [-0.25, -0.2) is 13.5 Å². The zero-order valence-corrected chi connectivity index (χ0v) is 22.9. The zero-order chi connectivity index (χ0) is 28.7. The van der Waals surface area contributed by atoms with Crippen LogP contribution in [0.4, 0.5) is 32.1 Å². The Kier molecular flexibility index (Phi) is 7.00.